The monoisotopic (exact) mass is 188 g/mol. The summed E-state index contributed by atoms with van der Waals surface area (Å²) in [5, 5.41) is 6.11. The van der Waals surface area contributed by atoms with Crippen LogP contribution in [0.1, 0.15) is 16.9 Å². The van der Waals surface area contributed by atoms with E-state index in [4.69, 9.17) is 11.6 Å². The SMILES string of the molecule is O=C(NCCCCl)c1ccon1. The topological polar surface area (TPSA) is 55.1 Å². The van der Waals surface area contributed by atoms with Gasteiger partial charge in [0.15, 0.2) is 5.69 Å². The molecule has 12 heavy (non-hydrogen) atoms. The van der Waals surface area contributed by atoms with Crippen molar-refractivity contribution in [3.8, 4) is 0 Å². The molecule has 0 aliphatic heterocycles. The Balaban J connectivity index is 2.30. The molecule has 1 heterocycles. The third-order valence-electron chi connectivity index (χ3n) is 1.27. The maximum Gasteiger partial charge on any atom is 0.273 e. The summed E-state index contributed by atoms with van der Waals surface area (Å²) in [5.74, 6) is 0.313. The summed E-state index contributed by atoms with van der Waals surface area (Å²) in [7, 11) is 0. The quantitative estimate of drug-likeness (QED) is 0.567. The van der Waals surface area contributed by atoms with Crippen molar-refractivity contribution in [2.45, 2.75) is 6.42 Å². The van der Waals surface area contributed by atoms with Crippen molar-refractivity contribution in [3.63, 3.8) is 0 Å². The number of halogens is 1. The Bertz CT molecular complexity index is 236. The van der Waals surface area contributed by atoms with Gasteiger partial charge in [-0.05, 0) is 6.42 Å². The molecule has 0 radical (unpaired) electrons. The minimum Gasteiger partial charge on any atom is -0.364 e. The van der Waals surface area contributed by atoms with Gasteiger partial charge in [-0.25, -0.2) is 0 Å². The molecule has 1 amide bonds. The van der Waals surface area contributed by atoms with E-state index in [2.05, 4.69) is 15.0 Å². The summed E-state index contributed by atoms with van der Waals surface area (Å²) in [5.41, 5.74) is 0.296. The second kappa shape index (κ2) is 4.77. The average molecular weight is 189 g/mol. The van der Waals surface area contributed by atoms with E-state index in [9.17, 15) is 4.79 Å². The largest absolute Gasteiger partial charge is 0.364 e. The van der Waals surface area contributed by atoms with Crippen LogP contribution in [0.15, 0.2) is 16.9 Å². The van der Waals surface area contributed by atoms with E-state index in [-0.39, 0.29) is 5.91 Å². The smallest absolute Gasteiger partial charge is 0.273 e. The zero-order valence-electron chi connectivity index (χ0n) is 6.42. The highest BCUT2D eigenvalue weighted by atomic mass is 35.5. The molecule has 0 saturated carbocycles. The van der Waals surface area contributed by atoms with Crippen LogP contribution in [0.3, 0.4) is 0 Å². The van der Waals surface area contributed by atoms with Crippen LogP contribution in [0.2, 0.25) is 0 Å². The van der Waals surface area contributed by atoms with Crippen LogP contribution in [-0.2, 0) is 0 Å². The maximum atomic E-state index is 11.1. The maximum absolute atomic E-state index is 11.1. The lowest BCUT2D eigenvalue weighted by Gasteiger charge is -1.98. The summed E-state index contributed by atoms with van der Waals surface area (Å²) >= 11 is 5.42. The third-order valence-corrected chi connectivity index (χ3v) is 1.53. The van der Waals surface area contributed by atoms with Crippen molar-refractivity contribution in [1.29, 1.82) is 0 Å². The Labute approximate surface area is 74.9 Å². The highest BCUT2D eigenvalue weighted by molar-refractivity contribution is 6.17. The average Bonchev–Trinajstić information content (AvgIpc) is 2.56. The van der Waals surface area contributed by atoms with Gasteiger partial charge in [0.2, 0.25) is 0 Å². The predicted molar refractivity (Wildman–Crippen MR) is 44.2 cm³/mol. The van der Waals surface area contributed by atoms with Gasteiger partial charge in [-0.2, -0.15) is 0 Å². The zero-order valence-corrected chi connectivity index (χ0v) is 7.17. The lowest BCUT2D eigenvalue weighted by molar-refractivity contribution is 0.0945. The predicted octanol–water partition coefficient (Wildman–Crippen LogP) is 1.03. The Morgan fingerprint density at radius 2 is 2.58 bits per heavy atom. The number of carbonyl (C=O) groups is 1. The van der Waals surface area contributed by atoms with Crippen molar-refractivity contribution in [3.05, 3.63) is 18.0 Å². The molecular formula is C7H9ClN2O2. The van der Waals surface area contributed by atoms with Gasteiger partial charge in [0, 0.05) is 18.5 Å². The lowest BCUT2D eigenvalue weighted by atomic mass is 10.4. The van der Waals surface area contributed by atoms with Crippen LogP contribution in [-0.4, -0.2) is 23.5 Å². The summed E-state index contributed by atoms with van der Waals surface area (Å²) in [6, 6.07) is 1.51. The molecule has 1 aromatic heterocycles. The molecule has 0 fully saturated rings. The molecule has 5 heteroatoms. The number of alkyl halides is 1. The van der Waals surface area contributed by atoms with Gasteiger partial charge in [-0.15, -0.1) is 11.6 Å². The molecule has 66 valence electrons. The van der Waals surface area contributed by atoms with Crippen LogP contribution >= 0.6 is 11.6 Å². The molecule has 0 aliphatic rings. The van der Waals surface area contributed by atoms with Crippen LogP contribution < -0.4 is 5.32 Å². The number of nitrogens with zero attached hydrogens (tertiary/aromatic N) is 1. The van der Waals surface area contributed by atoms with E-state index in [1.165, 1.54) is 12.3 Å². The molecule has 0 unspecified atom stereocenters. The molecule has 4 nitrogen and oxygen atoms in total. The minimum absolute atomic E-state index is 0.228. The van der Waals surface area contributed by atoms with Gasteiger partial charge in [0.25, 0.3) is 5.91 Å². The molecule has 0 bridgehead atoms. The first-order valence-corrected chi connectivity index (χ1v) is 4.12. The number of hydrogen-bond acceptors (Lipinski definition) is 3. The summed E-state index contributed by atoms with van der Waals surface area (Å²) in [6.45, 7) is 0.565. The molecule has 1 aromatic rings. The molecule has 0 aliphatic carbocycles. The third kappa shape index (κ3) is 2.54. The summed E-state index contributed by atoms with van der Waals surface area (Å²) in [4.78, 5) is 11.1. The molecule has 1 N–H and O–H groups in total. The summed E-state index contributed by atoms with van der Waals surface area (Å²) in [6.07, 6.45) is 2.11. The van der Waals surface area contributed by atoms with Gasteiger partial charge >= 0.3 is 0 Å². The van der Waals surface area contributed by atoms with Crippen LogP contribution in [0, 0.1) is 0 Å². The van der Waals surface area contributed by atoms with Crippen LogP contribution in [0.4, 0.5) is 0 Å². The summed E-state index contributed by atoms with van der Waals surface area (Å²) < 4.78 is 4.51. The fourth-order valence-corrected chi connectivity index (χ4v) is 0.823. The molecule has 0 atom stereocenters. The number of rotatable bonds is 4. The number of hydrogen-bond donors (Lipinski definition) is 1. The van der Waals surface area contributed by atoms with E-state index in [0.717, 1.165) is 6.42 Å². The van der Waals surface area contributed by atoms with Gasteiger partial charge in [0.1, 0.15) is 6.26 Å². The van der Waals surface area contributed by atoms with Crippen molar-refractivity contribution in [1.82, 2.24) is 10.5 Å². The molecular weight excluding hydrogens is 180 g/mol. The molecule has 1 rings (SSSR count). The van der Waals surface area contributed by atoms with Crippen molar-refractivity contribution < 1.29 is 9.32 Å². The highest BCUT2D eigenvalue weighted by Gasteiger charge is 2.06. The minimum atomic E-state index is -0.228. The van der Waals surface area contributed by atoms with E-state index in [1.807, 2.05) is 0 Å². The Morgan fingerprint density at radius 3 is 3.17 bits per heavy atom. The Kier molecular flexibility index (Phi) is 3.60. The van der Waals surface area contributed by atoms with Gasteiger partial charge < -0.3 is 9.84 Å². The second-order valence-electron chi connectivity index (χ2n) is 2.18. The fourth-order valence-electron chi connectivity index (χ4n) is 0.689. The van der Waals surface area contributed by atoms with Crippen molar-refractivity contribution in [2.24, 2.45) is 0 Å². The Morgan fingerprint density at radius 1 is 1.75 bits per heavy atom. The number of amides is 1. The van der Waals surface area contributed by atoms with E-state index < -0.39 is 0 Å². The molecule has 0 saturated heterocycles. The van der Waals surface area contributed by atoms with E-state index in [0.29, 0.717) is 18.1 Å². The number of aromatic nitrogens is 1. The van der Waals surface area contributed by atoms with Gasteiger partial charge in [0.05, 0.1) is 0 Å². The lowest BCUT2D eigenvalue weighted by Crippen LogP contribution is -2.24. The fraction of sp³-hybridized carbons (Fsp3) is 0.429. The first-order chi connectivity index (χ1) is 5.84. The molecule has 0 aromatic carbocycles. The zero-order chi connectivity index (χ0) is 8.81. The van der Waals surface area contributed by atoms with Crippen LogP contribution in [0.5, 0.6) is 0 Å². The molecule has 0 spiro atoms. The first kappa shape index (κ1) is 9.06. The standard InChI is InChI=1S/C7H9ClN2O2/c8-3-1-4-9-7(11)6-2-5-12-10-6/h2,5H,1,3-4H2,(H,9,11). The van der Waals surface area contributed by atoms with Crippen molar-refractivity contribution in [2.75, 3.05) is 12.4 Å². The normalized spacial score (nSPS) is 9.75. The number of nitrogens with one attached hydrogen (secondary N) is 1. The number of carbonyl (C=O) groups excluding carboxylic acids is 1. The first-order valence-electron chi connectivity index (χ1n) is 3.59. The van der Waals surface area contributed by atoms with Crippen molar-refractivity contribution >= 4 is 17.5 Å². The highest BCUT2D eigenvalue weighted by Crippen LogP contribution is 1.93. The van der Waals surface area contributed by atoms with Crippen LogP contribution in [0.25, 0.3) is 0 Å². The Hall–Kier alpha value is -1.03. The van der Waals surface area contributed by atoms with E-state index >= 15 is 0 Å². The van der Waals surface area contributed by atoms with Gasteiger partial charge in [-0.1, -0.05) is 5.16 Å². The van der Waals surface area contributed by atoms with Gasteiger partial charge in [-0.3, -0.25) is 4.79 Å². The van der Waals surface area contributed by atoms with E-state index in [1.54, 1.807) is 0 Å². The second-order valence-corrected chi connectivity index (χ2v) is 2.56.